The average Bonchev–Trinajstić information content (AvgIpc) is 2.89. The highest BCUT2D eigenvalue weighted by Gasteiger charge is 2.19. The van der Waals surface area contributed by atoms with Gasteiger partial charge in [-0.15, -0.1) is 0 Å². The molecular formula is C24H22ClN4O6-. The van der Waals surface area contributed by atoms with Crippen molar-refractivity contribution in [3.05, 3.63) is 95.6 Å². The van der Waals surface area contributed by atoms with E-state index >= 15 is 0 Å². The number of nitrogens with one attached hydrogen (secondary N) is 2. The number of hydrogen-bond acceptors (Lipinski definition) is 8. The molecule has 35 heavy (non-hydrogen) atoms. The van der Waals surface area contributed by atoms with E-state index in [2.05, 4.69) is 20.6 Å². The first-order valence-corrected chi connectivity index (χ1v) is 10.4. The summed E-state index contributed by atoms with van der Waals surface area (Å²) in [6, 6.07) is 12.6. The van der Waals surface area contributed by atoms with Crippen molar-refractivity contribution in [1.82, 2.24) is 20.6 Å². The van der Waals surface area contributed by atoms with Gasteiger partial charge in [-0.25, -0.2) is 9.59 Å². The van der Waals surface area contributed by atoms with E-state index in [0.717, 1.165) is 0 Å². The third kappa shape index (κ3) is 8.20. The maximum atomic E-state index is 12.4. The Morgan fingerprint density at radius 2 is 1.09 bits per heavy atom. The van der Waals surface area contributed by atoms with Gasteiger partial charge in [-0.2, -0.15) is 0 Å². The topological polar surface area (TPSA) is 137 Å². The third-order valence-corrected chi connectivity index (χ3v) is 4.46. The van der Waals surface area contributed by atoms with E-state index in [-0.39, 0.29) is 61.7 Å². The first-order valence-electron chi connectivity index (χ1n) is 10.4. The van der Waals surface area contributed by atoms with Crippen LogP contribution in [0.3, 0.4) is 0 Å². The van der Waals surface area contributed by atoms with Crippen LogP contribution in [0, 0.1) is 0 Å². The van der Waals surface area contributed by atoms with Crippen molar-refractivity contribution in [1.29, 1.82) is 0 Å². The van der Waals surface area contributed by atoms with Gasteiger partial charge in [0.05, 0.1) is 35.3 Å². The molecule has 2 N–H and O–H groups in total. The van der Waals surface area contributed by atoms with Gasteiger partial charge in [0.25, 0.3) is 11.8 Å². The molecule has 0 unspecified atom stereocenters. The van der Waals surface area contributed by atoms with E-state index in [1.807, 2.05) is 0 Å². The van der Waals surface area contributed by atoms with Crippen LogP contribution < -0.4 is 23.0 Å². The molecule has 2 amide bonds. The van der Waals surface area contributed by atoms with Crippen molar-refractivity contribution in [2.24, 2.45) is 0 Å². The van der Waals surface area contributed by atoms with Gasteiger partial charge in [-0.1, -0.05) is 12.1 Å². The lowest BCUT2D eigenvalue weighted by molar-refractivity contribution is -0.0000517. The SMILES string of the molecule is O=C(NCCOC(=O)c1ccccc1C(=O)OCCNC(=O)c1cccnc1)c1cccnc1.[Cl-]. The number of nitrogens with zero attached hydrogens (tertiary/aromatic N) is 2. The largest absolute Gasteiger partial charge is 1.00 e. The number of pyridine rings is 2. The predicted molar refractivity (Wildman–Crippen MR) is 120 cm³/mol. The van der Waals surface area contributed by atoms with E-state index in [1.54, 1.807) is 48.8 Å². The van der Waals surface area contributed by atoms with Crippen LogP contribution >= 0.6 is 0 Å². The predicted octanol–water partition coefficient (Wildman–Crippen LogP) is -1.35. The zero-order chi connectivity index (χ0) is 24.2. The zero-order valence-corrected chi connectivity index (χ0v) is 19.2. The number of halogens is 1. The quantitative estimate of drug-likeness (QED) is 0.259. The molecule has 0 aliphatic heterocycles. The number of esters is 2. The molecule has 2 aromatic heterocycles. The molecule has 0 aliphatic rings. The summed E-state index contributed by atoms with van der Waals surface area (Å²) in [7, 11) is 0. The normalized spacial score (nSPS) is 9.83. The van der Waals surface area contributed by atoms with Crippen molar-refractivity contribution in [3.63, 3.8) is 0 Å². The number of carbonyl (C=O) groups excluding carboxylic acids is 4. The Morgan fingerprint density at radius 1 is 0.657 bits per heavy atom. The van der Waals surface area contributed by atoms with E-state index in [1.165, 1.54) is 24.5 Å². The lowest BCUT2D eigenvalue weighted by Gasteiger charge is -2.11. The molecule has 3 aromatic rings. The van der Waals surface area contributed by atoms with Crippen LogP contribution in [0.25, 0.3) is 0 Å². The van der Waals surface area contributed by atoms with Crippen LogP contribution in [0.5, 0.6) is 0 Å². The van der Waals surface area contributed by atoms with Gasteiger partial charge < -0.3 is 32.5 Å². The molecule has 10 nitrogen and oxygen atoms in total. The Balaban J connectivity index is 0.00000432. The van der Waals surface area contributed by atoms with Gasteiger partial charge in [-0.3, -0.25) is 19.6 Å². The van der Waals surface area contributed by atoms with Crippen LogP contribution in [0.4, 0.5) is 0 Å². The Kier molecular flexibility index (Phi) is 10.8. The number of aromatic nitrogens is 2. The molecule has 0 saturated heterocycles. The van der Waals surface area contributed by atoms with Crippen molar-refractivity contribution < 1.29 is 41.1 Å². The summed E-state index contributed by atoms with van der Waals surface area (Å²) in [6.45, 7) is -0.00535. The fraction of sp³-hybridized carbons (Fsp3) is 0.167. The fourth-order valence-electron chi connectivity index (χ4n) is 2.81. The summed E-state index contributed by atoms with van der Waals surface area (Å²) in [5.74, 6) is -2.14. The molecule has 0 fully saturated rings. The minimum Gasteiger partial charge on any atom is -1.00 e. The first-order chi connectivity index (χ1) is 16.6. The standard InChI is InChI=1S/C24H22N4O6.ClH/c29-21(17-5-3-9-25-15-17)27-11-13-33-23(31)19-7-1-2-8-20(19)24(32)34-14-12-28-22(30)18-6-4-10-26-16-18;/h1-10,15-16H,11-14H2,(H,27,29)(H,28,30);1H/p-1. The lowest BCUT2D eigenvalue weighted by atomic mass is 10.1. The molecule has 0 radical (unpaired) electrons. The summed E-state index contributed by atoms with van der Waals surface area (Å²) in [6.07, 6.45) is 5.96. The van der Waals surface area contributed by atoms with Crippen molar-refractivity contribution >= 4 is 23.8 Å². The number of ether oxygens (including phenoxy) is 2. The highest BCUT2D eigenvalue weighted by molar-refractivity contribution is 6.03. The summed E-state index contributed by atoms with van der Waals surface area (Å²) < 4.78 is 10.3. The van der Waals surface area contributed by atoms with Gasteiger partial charge in [-0.05, 0) is 36.4 Å². The average molecular weight is 498 g/mol. The van der Waals surface area contributed by atoms with Crippen molar-refractivity contribution in [2.45, 2.75) is 0 Å². The van der Waals surface area contributed by atoms with Gasteiger partial charge in [0, 0.05) is 24.8 Å². The van der Waals surface area contributed by atoms with Crippen LogP contribution in [-0.2, 0) is 9.47 Å². The molecule has 3 rings (SSSR count). The summed E-state index contributed by atoms with van der Waals surface area (Å²) in [5.41, 5.74) is 0.841. The van der Waals surface area contributed by atoms with Crippen molar-refractivity contribution in [3.8, 4) is 0 Å². The second kappa shape index (κ2) is 14.1. The second-order valence-corrected chi connectivity index (χ2v) is 6.81. The van der Waals surface area contributed by atoms with E-state index in [4.69, 9.17) is 9.47 Å². The minimum atomic E-state index is -0.729. The molecule has 2 heterocycles. The molecule has 0 bridgehead atoms. The van der Waals surface area contributed by atoms with Crippen LogP contribution in [0.15, 0.2) is 73.3 Å². The number of benzene rings is 1. The Morgan fingerprint density at radius 3 is 1.46 bits per heavy atom. The summed E-state index contributed by atoms with van der Waals surface area (Å²) in [4.78, 5) is 56.6. The van der Waals surface area contributed by atoms with Crippen LogP contribution in [-0.4, -0.2) is 60.0 Å². The highest BCUT2D eigenvalue weighted by Crippen LogP contribution is 2.12. The molecular weight excluding hydrogens is 476 g/mol. The maximum Gasteiger partial charge on any atom is 0.339 e. The van der Waals surface area contributed by atoms with E-state index in [0.29, 0.717) is 11.1 Å². The smallest absolute Gasteiger partial charge is 0.339 e. The summed E-state index contributed by atoms with van der Waals surface area (Å²) in [5, 5.41) is 5.22. The number of hydrogen-bond donors (Lipinski definition) is 2. The molecule has 0 saturated carbocycles. The van der Waals surface area contributed by atoms with E-state index in [9.17, 15) is 19.2 Å². The summed E-state index contributed by atoms with van der Waals surface area (Å²) >= 11 is 0. The lowest BCUT2D eigenvalue weighted by Crippen LogP contribution is -3.00. The zero-order valence-electron chi connectivity index (χ0n) is 18.5. The number of amides is 2. The fourth-order valence-corrected chi connectivity index (χ4v) is 2.81. The molecule has 0 atom stereocenters. The van der Waals surface area contributed by atoms with Crippen molar-refractivity contribution in [2.75, 3.05) is 26.3 Å². The molecule has 1 aromatic carbocycles. The monoisotopic (exact) mass is 497 g/mol. The maximum absolute atomic E-state index is 12.4. The highest BCUT2D eigenvalue weighted by atomic mass is 35.5. The van der Waals surface area contributed by atoms with Crippen LogP contribution in [0.2, 0.25) is 0 Å². The number of carbonyl (C=O) groups is 4. The molecule has 0 spiro atoms. The molecule has 0 aliphatic carbocycles. The van der Waals surface area contributed by atoms with E-state index < -0.39 is 11.9 Å². The second-order valence-electron chi connectivity index (χ2n) is 6.81. The molecule has 11 heteroatoms. The van der Waals surface area contributed by atoms with Gasteiger partial charge in [0.15, 0.2) is 0 Å². The van der Waals surface area contributed by atoms with Gasteiger partial charge in [0.1, 0.15) is 13.2 Å². The Labute approximate surface area is 207 Å². The van der Waals surface area contributed by atoms with Crippen LogP contribution in [0.1, 0.15) is 41.4 Å². The third-order valence-electron chi connectivity index (χ3n) is 4.46. The molecule has 182 valence electrons. The first kappa shape index (κ1) is 26.9. The number of rotatable bonds is 10. The van der Waals surface area contributed by atoms with Gasteiger partial charge >= 0.3 is 11.9 Å². The minimum absolute atomic E-state index is 0. The Hall–Kier alpha value is -4.31. The Bertz CT molecular complexity index is 1050. The van der Waals surface area contributed by atoms with Gasteiger partial charge in [0.2, 0.25) is 0 Å².